The molecule has 4 heteroatoms. The molecular weight excluding hydrogens is 207 g/mol. The third-order valence-electron chi connectivity index (χ3n) is 2.63. The van der Waals surface area contributed by atoms with E-state index in [-0.39, 0.29) is 24.8 Å². The Balaban J connectivity index is 0. The van der Waals surface area contributed by atoms with Gasteiger partial charge in [-0.15, -0.1) is 24.8 Å². The normalized spacial score (nSPS) is 23.1. The third kappa shape index (κ3) is 5.74. The highest BCUT2D eigenvalue weighted by Crippen LogP contribution is 2.18. The highest BCUT2D eigenvalue weighted by molar-refractivity contribution is 5.85. The number of likely N-dealkylation sites (tertiary alicyclic amines) is 1. The Morgan fingerprint density at radius 2 is 2.08 bits per heavy atom. The van der Waals surface area contributed by atoms with E-state index in [0.717, 1.165) is 19.0 Å². The smallest absolute Gasteiger partial charge is 0.0105 e. The van der Waals surface area contributed by atoms with Gasteiger partial charge >= 0.3 is 0 Å². The Morgan fingerprint density at radius 3 is 2.62 bits per heavy atom. The second kappa shape index (κ2) is 9.07. The van der Waals surface area contributed by atoms with Crippen LogP contribution in [0, 0.1) is 5.92 Å². The van der Waals surface area contributed by atoms with Crippen molar-refractivity contribution in [2.24, 2.45) is 11.7 Å². The topological polar surface area (TPSA) is 29.3 Å². The van der Waals surface area contributed by atoms with Gasteiger partial charge in [0.2, 0.25) is 0 Å². The van der Waals surface area contributed by atoms with E-state index < -0.39 is 0 Å². The molecule has 1 fully saturated rings. The lowest BCUT2D eigenvalue weighted by atomic mass is 9.96. The molecule has 0 radical (unpaired) electrons. The first-order valence-corrected chi connectivity index (χ1v) is 4.79. The molecule has 1 aliphatic rings. The lowest BCUT2D eigenvalue weighted by Gasteiger charge is -2.31. The first-order valence-electron chi connectivity index (χ1n) is 4.79. The van der Waals surface area contributed by atoms with Gasteiger partial charge in [-0.1, -0.05) is 13.3 Å². The molecule has 0 aromatic carbocycles. The molecule has 82 valence electrons. The van der Waals surface area contributed by atoms with Crippen molar-refractivity contribution in [1.29, 1.82) is 0 Å². The number of hydrogen-bond donors (Lipinski definition) is 1. The van der Waals surface area contributed by atoms with E-state index in [2.05, 4.69) is 11.8 Å². The molecule has 0 aliphatic carbocycles. The van der Waals surface area contributed by atoms with Crippen molar-refractivity contribution >= 4 is 24.8 Å². The van der Waals surface area contributed by atoms with E-state index >= 15 is 0 Å². The van der Waals surface area contributed by atoms with Gasteiger partial charge in [-0.25, -0.2) is 0 Å². The van der Waals surface area contributed by atoms with Crippen LogP contribution in [0.3, 0.4) is 0 Å². The van der Waals surface area contributed by atoms with E-state index in [1.54, 1.807) is 0 Å². The second-order valence-electron chi connectivity index (χ2n) is 3.51. The van der Waals surface area contributed by atoms with Crippen LogP contribution in [-0.4, -0.2) is 31.1 Å². The zero-order chi connectivity index (χ0) is 8.10. The van der Waals surface area contributed by atoms with Gasteiger partial charge in [0, 0.05) is 19.6 Å². The summed E-state index contributed by atoms with van der Waals surface area (Å²) in [6.45, 7) is 6.75. The Bertz CT molecular complexity index is 110. The maximum Gasteiger partial charge on any atom is 0.0105 e. The SMILES string of the molecule is CCC1CCCN(CCN)C1.Cl.Cl. The van der Waals surface area contributed by atoms with Crippen molar-refractivity contribution in [2.75, 3.05) is 26.2 Å². The monoisotopic (exact) mass is 228 g/mol. The Hall–Kier alpha value is 0.500. The first-order chi connectivity index (χ1) is 5.36. The van der Waals surface area contributed by atoms with Crippen LogP contribution in [-0.2, 0) is 0 Å². The molecule has 0 saturated carbocycles. The van der Waals surface area contributed by atoms with Crippen LogP contribution in [0.5, 0.6) is 0 Å². The van der Waals surface area contributed by atoms with Gasteiger partial charge in [0.25, 0.3) is 0 Å². The summed E-state index contributed by atoms with van der Waals surface area (Å²) in [5.41, 5.74) is 5.50. The zero-order valence-corrected chi connectivity index (χ0v) is 10.0. The minimum absolute atomic E-state index is 0. The summed E-state index contributed by atoms with van der Waals surface area (Å²) in [5.74, 6) is 0.940. The van der Waals surface area contributed by atoms with Crippen LogP contribution in [0.2, 0.25) is 0 Å². The van der Waals surface area contributed by atoms with Gasteiger partial charge in [-0.05, 0) is 25.3 Å². The van der Waals surface area contributed by atoms with Crippen LogP contribution in [0.25, 0.3) is 0 Å². The number of halogens is 2. The third-order valence-corrected chi connectivity index (χ3v) is 2.63. The summed E-state index contributed by atoms with van der Waals surface area (Å²) in [4.78, 5) is 2.50. The number of nitrogens with two attached hydrogens (primary N) is 1. The molecule has 0 aromatic rings. The predicted molar refractivity (Wildman–Crippen MR) is 63.0 cm³/mol. The molecule has 1 heterocycles. The zero-order valence-electron chi connectivity index (χ0n) is 8.37. The van der Waals surface area contributed by atoms with E-state index in [4.69, 9.17) is 5.73 Å². The van der Waals surface area contributed by atoms with Gasteiger partial charge in [0.1, 0.15) is 0 Å². The molecule has 2 N–H and O–H groups in total. The van der Waals surface area contributed by atoms with E-state index in [9.17, 15) is 0 Å². The van der Waals surface area contributed by atoms with Crippen LogP contribution >= 0.6 is 24.8 Å². The molecule has 0 bridgehead atoms. The molecule has 1 saturated heterocycles. The maximum absolute atomic E-state index is 5.50. The average Bonchev–Trinajstić information content (AvgIpc) is 2.06. The lowest BCUT2D eigenvalue weighted by Crippen LogP contribution is -2.38. The molecule has 0 aromatic heterocycles. The van der Waals surface area contributed by atoms with Crippen LogP contribution in [0.4, 0.5) is 0 Å². The van der Waals surface area contributed by atoms with Crippen molar-refractivity contribution < 1.29 is 0 Å². The molecule has 1 rings (SSSR count). The second-order valence-corrected chi connectivity index (χ2v) is 3.51. The van der Waals surface area contributed by atoms with E-state index in [0.29, 0.717) is 0 Å². The molecule has 1 unspecified atom stereocenters. The van der Waals surface area contributed by atoms with Crippen molar-refractivity contribution in [1.82, 2.24) is 4.90 Å². The van der Waals surface area contributed by atoms with Gasteiger partial charge in [-0.3, -0.25) is 0 Å². The van der Waals surface area contributed by atoms with Crippen molar-refractivity contribution in [3.63, 3.8) is 0 Å². The van der Waals surface area contributed by atoms with Crippen LogP contribution in [0.15, 0.2) is 0 Å². The summed E-state index contributed by atoms with van der Waals surface area (Å²) in [6.07, 6.45) is 4.14. The summed E-state index contributed by atoms with van der Waals surface area (Å²) < 4.78 is 0. The number of piperidine rings is 1. The van der Waals surface area contributed by atoms with Crippen LogP contribution in [0.1, 0.15) is 26.2 Å². The van der Waals surface area contributed by atoms with Crippen molar-refractivity contribution in [3.8, 4) is 0 Å². The molecular formula is C9H22Cl2N2. The molecule has 0 amide bonds. The summed E-state index contributed by atoms with van der Waals surface area (Å²) in [7, 11) is 0. The summed E-state index contributed by atoms with van der Waals surface area (Å²) in [5, 5.41) is 0. The van der Waals surface area contributed by atoms with Crippen molar-refractivity contribution in [3.05, 3.63) is 0 Å². The van der Waals surface area contributed by atoms with Gasteiger partial charge in [0.05, 0.1) is 0 Å². The standard InChI is InChI=1S/C9H20N2.2ClH/c1-2-9-4-3-6-11(8-9)7-5-10;;/h9H,2-8,10H2,1H3;2*1H. The van der Waals surface area contributed by atoms with E-state index in [1.807, 2.05) is 0 Å². The average molecular weight is 229 g/mol. The fourth-order valence-corrected chi connectivity index (χ4v) is 1.87. The van der Waals surface area contributed by atoms with Crippen LogP contribution < -0.4 is 5.73 Å². The largest absolute Gasteiger partial charge is 0.329 e. The Kier molecular flexibility index (Phi) is 11.1. The fraction of sp³-hybridized carbons (Fsp3) is 1.00. The molecule has 2 nitrogen and oxygen atoms in total. The number of rotatable bonds is 3. The molecule has 13 heavy (non-hydrogen) atoms. The Morgan fingerprint density at radius 1 is 1.38 bits per heavy atom. The molecule has 1 aliphatic heterocycles. The first kappa shape index (κ1) is 15.9. The highest BCUT2D eigenvalue weighted by Gasteiger charge is 2.16. The maximum atomic E-state index is 5.50. The lowest BCUT2D eigenvalue weighted by molar-refractivity contribution is 0.176. The fourth-order valence-electron chi connectivity index (χ4n) is 1.87. The Labute approximate surface area is 94.1 Å². The number of hydrogen-bond acceptors (Lipinski definition) is 2. The molecule has 0 spiro atoms. The minimum atomic E-state index is 0. The van der Waals surface area contributed by atoms with E-state index in [1.165, 1.54) is 32.4 Å². The number of nitrogens with zero attached hydrogens (tertiary/aromatic N) is 1. The van der Waals surface area contributed by atoms with Gasteiger partial charge in [0.15, 0.2) is 0 Å². The molecule has 1 atom stereocenters. The van der Waals surface area contributed by atoms with Gasteiger partial charge in [-0.2, -0.15) is 0 Å². The minimum Gasteiger partial charge on any atom is -0.329 e. The summed E-state index contributed by atoms with van der Waals surface area (Å²) >= 11 is 0. The quantitative estimate of drug-likeness (QED) is 0.801. The highest BCUT2D eigenvalue weighted by atomic mass is 35.5. The van der Waals surface area contributed by atoms with Crippen molar-refractivity contribution in [2.45, 2.75) is 26.2 Å². The predicted octanol–water partition coefficient (Wildman–Crippen LogP) is 1.91. The summed E-state index contributed by atoms with van der Waals surface area (Å²) in [6, 6.07) is 0. The van der Waals surface area contributed by atoms with Gasteiger partial charge < -0.3 is 10.6 Å².